The van der Waals surface area contributed by atoms with Crippen LogP contribution < -0.4 is 5.32 Å². The molecule has 8 heteroatoms. The first kappa shape index (κ1) is 17.7. The number of aliphatic carboxylic acids is 1. The lowest BCUT2D eigenvalue weighted by Crippen LogP contribution is -2.48. The van der Waals surface area contributed by atoms with Crippen molar-refractivity contribution in [2.75, 3.05) is 25.1 Å². The number of sulfone groups is 1. The van der Waals surface area contributed by atoms with Crippen molar-refractivity contribution in [1.29, 1.82) is 0 Å². The molecular weight excluding hydrogens is 272 g/mol. The lowest BCUT2D eigenvalue weighted by molar-refractivity contribution is -0.139. The van der Waals surface area contributed by atoms with Crippen molar-refractivity contribution in [3.05, 3.63) is 0 Å². The van der Waals surface area contributed by atoms with Gasteiger partial charge in [0.05, 0.1) is 5.75 Å². The van der Waals surface area contributed by atoms with Crippen LogP contribution in [-0.4, -0.2) is 61.6 Å². The maximum atomic E-state index is 11.8. The van der Waals surface area contributed by atoms with Crippen molar-refractivity contribution >= 4 is 21.8 Å². The standard InChI is InChI=1S/C11H22N2O5S/c1-4-7-13(5-2)11(16)12-9(10(14)15)6-8-19(3,17)18/h9H,4-8H2,1-3H3,(H,12,16)(H,14,15). The number of urea groups is 1. The SMILES string of the molecule is CCCN(CC)C(=O)NC(CCS(C)(=O)=O)C(=O)O. The summed E-state index contributed by atoms with van der Waals surface area (Å²) < 4.78 is 22.0. The van der Waals surface area contributed by atoms with Gasteiger partial charge in [0.2, 0.25) is 0 Å². The first-order valence-corrected chi connectivity index (χ1v) is 8.23. The topological polar surface area (TPSA) is 104 Å². The minimum Gasteiger partial charge on any atom is -0.480 e. The van der Waals surface area contributed by atoms with Crippen LogP contribution in [0.3, 0.4) is 0 Å². The monoisotopic (exact) mass is 294 g/mol. The van der Waals surface area contributed by atoms with Crippen LogP contribution in [0, 0.1) is 0 Å². The van der Waals surface area contributed by atoms with E-state index in [0.717, 1.165) is 12.7 Å². The third-order valence-electron chi connectivity index (χ3n) is 2.54. The normalized spacial score (nSPS) is 12.8. The Morgan fingerprint density at radius 2 is 1.89 bits per heavy atom. The molecule has 0 aliphatic heterocycles. The number of carbonyl (C=O) groups excluding carboxylic acids is 1. The van der Waals surface area contributed by atoms with Gasteiger partial charge in [0.15, 0.2) is 0 Å². The van der Waals surface area contributed by atoms with Crippen molar-refractivity contribution in [2.24, 2.45) is 0 Å². The highest BCUT2D eigenvalue weighted by Crippen LogP contribution is 2.00. The van der Waals surface area contributed by atoms with Crippen LogP contribution in [0.25, 0.3) is 0 Å². The third kappa shape index (κ3) is 7.66. The van der Waals surface area contributed by atoms with Crippen LogP contribution in [-0.2, 0) is 14.6 Å². The minimum atomic E-state index is -3.25. The van der Waals surface area contributed by atoms with E-state index in [-0.39, 0.29) is 12.2 Å². The first-order valence-electron chi connectivity index (χ1n) is 6.17. The average molecular weight is 294 g/mol. The molecule has 1 atom stereocenters. The molecule has 7 nitrogen and oxygen atoms in total. The van der Waals surface area contributed by atoms with Gasteiger partial charge in [-0.3, -0.25) is 0 Å². The molecule has 0 spiro atoms. The number of carbonyl (C=O) groups is 2. The molecule has 0 aromatic rings. The Hall–Kier alpha value is -1.31. The largest absolute Gasteiger partial charge is 0.480 e. The highest BCUT2D eigenvalue weighted by Gasteiger charge is 2.23. The number of nitrogens with zero attached hydrogens (tertiary/aromatic N) is 1. The Balaban J connectivity index is 4.57. The Morgan fingerprint density at radius 1 is 1.32 bits per heavy atom. The number of carboxylic acids is 1. The summed E-state index contributed by atoms with van der Waals surface area (Å²) >= 11 is 0. The van der Waals surface area contributed by atoms with Gasteiger partial charge in [-0.2, -0.15) is 0 Å². The molecule has 0 aliphatic carbocycles. The van der Waals surface area contributed by atoms with Gasteiger partial charge in [0, 0.05) is 19.3 Å². The first-order chi connectivity index (χ1) is 8.71. The Labute approximate surface area is 113 Å². The van der Waals surface area contributed by atoms with Crippen LogP contribution >= 0.6 is 0 Å². The van der Waals surface area contributed by atoms with Crippen molar-refractivity contribution in [2.45, 2.75) is 32.7 Å². The fourth-order valence-electron chi connectivity index (χ4n) is 1.50. The fraction of sp³-hybridized carbons (Fsp3) is 0.818. The van der Waals surface area contributed by atoms with E-state index in [1.54, 1.807) is 6.92 Å². The number of nitrogens with one attached hydrogen (secondary N) is 1. The maximum Gasteiger partial charge on any atom is 0.326 e. The van der Waals surface area contributed by atoms with Crippen LogP contribution in [0.15, 0.2) is 0 Å². The van der Waals surface area contributed by atoms with E-state index in [2.05, 4.69) is 5.32 Å². The van der Waals surface area contributed by atoms with E-state index < -0.39 is 27.9 Å². The summed E-state index contributed by atoms with van der Waals surface area (Å²) in [7, 11) is -3.25. The quantitative estimate of drug-likeness (QED) is 0.671. The molecule has 0 aliphatic rings. The molecule has 112 valence electrons. The zero-order valence-electron chi connectivity index (χ0n) is 11.5. The zero-order valence-corrected chi connectivity index (χ0v) is 12.4. The third-order valence-corrected chi connectivity index (χ3v) is 3.51. The number of carboxylic acid groups (broad SMARTS) is 1. The minimum absolute atomic E-state index is 0.135. The summed E-state index contributed by atoms with van der Waals surface area (Å²) in [6, 6.07) is -1.67. The second kappa shape index (κ2) is 7.98. The molecule has 1 unspecified atom stereocenters. The molecule has 0 radical (unpaired) electrons. The van der Waals surface area contributed by atoms with Gasteiger partial charge >= 0.3 is 12.0 Å². The van der Waals surface area contributed by atoms with Gasteiger partial charge < -0.3 is 15.3 Å². The van der Waals surface area contributed by atoms with Crippen LogP contribution in [0.4, 0.5) is 4.79 Å². The second-order valence-corrected chi connectivity index (χ2v) is 6.60. The Kier molecular flexibility index (Phi) is 7.43. The predicted octanol–water partition coefficient (Wildman–Crippen LogP) is 0.316. The summed E-state index contributed by atoms with van der Waals surface area (Å²) in [6.45, 7) is 4.70. The molecule has 0 bridgehead atoms. The van der Waals surface area contributed by atoms with Gasteiger partial charge in [-0.1, -0.05) is 6.92 Å². The van der Waals surface area contributed by atoms with Gasteiger partial charge in [0.25, 0.3) is 0 Å². The van der Waals surface area contributed by atoms with E-state index in [4.69, 9.17) is 5.11 Å². The van der Waals surface area contributed by atoms with Crippen molar-refractivity contribution in [3.63, 3.8) is 0 Å². The summed E-state index contributed by atoms with van der Waals surface area (Å²) in [5, 5.41) is 11.3. The molecule has 0 saturated carbocycles. The number of amides is 2. The Morgan fingerprint density at radius 3 is 2.26 bits per heavy atom. The van der Waals surface area contributed by atoms with Crippen LogP contribution in [0.1, 0.15) is 26.7 Å². The van der Waals surface area contributed by atoms with E-state index in [1.807, 2.05) is 6.92 Å². The number of hydrogen-bond donors (Lipinski definition) is 2. The molecule has 0 rings (SSSR count). The van der Waals surface area contributed by atoms with Gasteiger partial charge in [0.1, 0.15) is 15.9 Å². The molecule has 2 amide bonds. The van der Waals surface area contributed by atoms with Gasteiger partial charge in [-0.25, -0.2) is 18.0 Å². The predicted molar refractivity (Wildman–Crippen MR) is 71.8 cm³/mol. The number of hydrogen-bond acceptors (Lipinski definition) is 4. The van der Waals surface area contributed by atoms with Crippen LogP contribution in [0.5, 0.6) is 0 Å². The Bertz CT molecular complexity index is 407. The van der Waals surface area contributed by atoms with Crippen molar-refractivity contribution in [3.8, 4) is 0 Å². The second-order valence-electron chi connectivity index (χ2n) is 4.34. The van der Waals surface area contributed by atoms with Crippen LogP contribution in [0.2, 0.25) is 0 Å². The smallest absolute Gasteiger partial charge is 0.326 e. The van der Waals surface area contributed by atoms with Crippen molar-refractivity contribution < 1.29 is 23.1 Å². The maximum absolute atomic E-state index is 11.8. The molecular formula is C11H22N2O5S. The highest BCUT2D eigenvalue weighted by molar-refractivity contribution is 7.90. The molecule has 0 saturated heterocycles. The molecule has 19 heavy (non-hydrogen) atoms. The highest BCUT2D eigenvalue weighted by atomic mass is 32.2. The summed E-state index contributed by atoms with van der Waals surface area (Å²) in [6.07, 6.45) is 1.66. The number of rotatable bonds is 8. The lowest BCUT2D eigenvalue weighted by Gasteiger charge is -2.23. The van der Waals surface area contributed by atoms with E-state index >= 15 is 0 Å². The average Bonchev–Trinajstić information content (AvgIpc) is 2.29. The van der Waals surface area contributed by atoms with Crippen molar-refractivity contribution in [1.82, 2.24) is 10.2 Å². The van der Waals surface area contributed by atoms with Gasteiger partial charge in [-0.15, -0.1) is 0 Å². The fourth-order valence-corrected chi connectivity index (χ4v) is 2.17. The summed E-state index contributed by atoms with van der Waals surface area (Å²) in [5.74, 6) is -1.51. The van der Waals surface area contributed by atoms with E-state index in [9.17, 15) is 18.0 Å². The summed E-state index contributed by atoms with van der Waals surface area (Å²) in [4.78, 5) is 24.3. The van der Waals surface area contributed by atoms with Gasteiger partial charge in [-0.05, 0) is 19.8 Å². The molecule has 0 aromatic carbocycles. The summed E-state index contributed by atoms with van der Waals surface area (Å²) in [5.41, 5.74) is 0. The van der Waals surface area contributed by atoms with E-state index in [1.165, 1.54) is 4.90 Å². The molecule has 0 aromatic heterocycles. The zero-order chi connectivity index (χ0) is 15.1. The lowest BCUT2D eigenvalue weighted by atomic mass is 10.2. The molecule has 2 N–H and O–H groups in total. The molecule has 0 fully saturated rings. The molecule has 0 heterocycles. The van der Waals surface area contributed by atoms with E-state index in [0.29, 0.717) is 13.1 Å².